The van der Waals surface area contributed by atoms with E-state index in [1.807, 2.05) is 31.2 Å². The summed E-state index contributed by atoms with van der Waals surface area (Å²) < 4.78 is 4.33. The minimum atomic E-state index is -0.395. The molecular weight excluding hydrogens is 344 g/mol. The standard InChI is InChI=1S/C20H22N4O3/c1-4-10-23-16(12-14-17(23)21(2)20(27)22(3)18(14)25)19(26)24-11-9-13-7-5-6-8-15(13)24/h5-8,12H,4,9-11H2,1-3H3. The predicted molar refractivity (Wildman–Crippen MR) is 105 cm³/mol. The fourth-order valence-corrected chi connectivity index (χ4v) is 3.96. The third-order valence-electron chi connectivity index (χ3n) is 5.29. The van der Waals surface area contributed by atoms with Gasteiger partial charge < -0.3 is 9.47 Å². The number of para-hydroxylation sites is 1. The van der Waals surface area contributed by atoms with Crippen LogP contribution in [0.4, 0.5) is 5.69 Å². The highest BCUT2D eigenvalue weighted by molar-refractivity contribution is 6.08. The fourth-order valence-electron chi connectivity index (χ4n) is 3.96. The van der Waals surface area contributed by atoms with E-state index in [4.69, 9.17) is 0 Å². The smallest absolute Gasteiger partial charge is 0.322 e. The van der Waals surface area contributed by atoms with Crippen molar-refractivity contribution in [1.82, 2.24) is 13.7 Å². The second-order valence-corrected chi connectivity index (χ2v) is 6.96. The van der Waals surface area contributed by atoms with E-state index in [1.165, 1.54) is 11.6 Å². The van der Waals surface area contributed by atoms with Crippen molar-refractivity contribution in [3.63, 3.8) is 0 Å². The SMILES string of the molecule is CCCn1c(C(=O)N2CCc3ccccc32)cc2c(=O)n(C)c(=O)n(C)c21. The van der Waals surface area contributed by atoms with Crippen LogP contribution in [0, 0.1) is 0 Å². The average molecular weight is 366 g/mol. The molecule has 0 unspecified atom stereocenters. The Labute approximate surface area is 156 Å². The van der Waals surface area contributed by atoms with E-state index < -0.39 is 5.69 Å². The third-order valence-corrected chi connectivity index (χ3v) is 5.29. The lowest BCUT2D eigenvalue weighted by molar-refractivity contribution is 0.0980. The Hall–Kier alpha value is -3.09. The molecule has 140 valence electrons. The Morgan fingerprint density at radius 1 is 1.11 bits per heavy atom. The maximum atomic E-state index is 13.4. The van der Waals surface area contributed by atoms with Crippen LogP contribution in [0.2, 0.25) is 0 Å². The highest BCUT2D eigenvalue weighted by Gasteiger charge is 2.29. The van der Waals surface area contributed by atoms with Gasteiger partial charge in [0.15, 0.2) is 0 Å². The molecule has 0 fully saturated rings. The predicted octanol–water partition coefficient (Wildman–Crippen LogP) is 1.65. The molecule has 3 heterocycles. The topological polar surface area (TPSA) is 69.2 Å². The van der Waals surface area contributed by atoms with Gasteiger partial charge in [-0.1, -0.05) is 25.1 Å². The number of hydrogen-bond donors (Lipinski definition) is 0. The van der Waals surface area contributed by atoms with Crippen molar-refractivity contribution < 1.29 is 4.79 Å². The van der Waals surface area contributed by atoms with E-state index in [0.717, 1.165) is 28.7 Å². The summed E-state index contributed by atoms with van der Waals surface area (Å²) in [6.45, 7) is 3.17. The number of nitrogens with zero attached hydrogens (tertiary/aromatic N) is 4. The molecule has 0 spiro atoms. The minimum absolute atomic E-state index is 0.140. The van der Waals surface area contributed by atoms with Crippen LogP contribution >= 0.6 is 0 Å². The van der Waals surface area contributed by atoms with Crippen molar-refractivity contribution in [1.29, 1.82) is 0 Å². The van der Waals surface area contributed by atoms with E-state index in [-0.39, 0.29) is 11.5 Å². The first-order chi connectivity index (χ1) is 13.0. The lowest BCUT2D eigenvalue weighted by Crippen LogP contribution is -2.37. The molecule has 0 bridgehead atoms. The molecule has 0 aliphatic carbocycles. The number of fused-ring (bicyclic) bond motifs is 2. The first kappa shape index (κ1) is 17.3. The van der Waals surface area contributed by atoms with E-state index >= 15 is 0 Å². The summed E-state index contributed by atoms with van der Waals surface area (Å²) in [5.41, 5.74) is 2.24. The van der Waals surface area contributed by atoms with Gasteiger partial charge in [-0.3, -0.25) is 18.7 Å². The second kappa shape index (κ2) is 6.26. The van der Waals surface area contributed by atoms with Crippen molar-refractivity contribution in [2.45, 2.75) is 26.3 Å². The highest BCUT2D eigenvalue weighted by Crippen LogP contribution is 2.30. The fraction of sp³-hybridized carbons (Fsp3) is 0.350. The zero-order valence-corrected chi connectivity index (χ0v) is 15.7. The molecule has 0 atom stereocenters. The zero-order chi connectivity index (χ0) is 19.3. The Bertz CT molecular complexity index is 1180. The van der Waals surface area contributed by atoms with Crippen LogP contribution in [0.5, 0.6) is 0 Å². The second-order valence-electron chi connectivity index (χ2n) is 6.96. The summed E-state index contributed by atoms with van der Waals surface area (Å²) in [4.78, 5) is 40.1. The first-order valence-corrected chi connectivity index (χ1v) is 9.14. The van der Waals surface area contributed by atoms with Crippen LogP contribution < -0.4 is 16.1 Å². The van der Waals surface area contributed by atoms with Crippen LogP contribution in [0.3, 0.4) is 0 Å². The number of anilines is 1. The van der Waals surface area contributed by atoms with Crippen molar-refractivity contribution in [3.8, 4) is 0 Å². The van der Waals surface area contributed by atoms with Gasteiger partial charge in [-0.25, -0.2) is 4.79 Å². The van der Waals surface area contributed by atoms with Gasteiger partial charge in [-0.15, -0.1) is 0 Å². The monoisotopic (exact) mass is 366 g/mol. The van der Waals surface area contributed by atoms with Gasteiger partial charge in [0, 0.05) is 32.9 Å². The molecule has 1 aliphatic rings. The molecule has 0 N–H and O–H groups in total. The van der Waals surface area contributed by atoms with E-state index in [1.54, 1.807) is 22.6 Å². The van der Waals surface area contributed by atoms with Gasteiger partial charge in [-0.05, 0) is 30.5 Å². The van der Waals surface area contributed by atoms with Crippen LogP contribution in [0.1, 0.15) is 29.4 Å². The number of carbonyl (C=O) groups excluding carboxylic acids is 1. The lowest BCUT2D eigenvalue weighted by Gasteiger charge is -2.19. The number of aromatic nitrogens is 3. The lowest BCUT2D eigenvalue weighted by atomic mass is 10.2. The molecular formula is C20H22N4O3. The number of benzene rings is 1. The molecule has 27 heavy (non-hydrogen) atoms. The largest absolute Gasteiger partial charge is 0.332 e. The Morgan fingerprint density at radius 3 is 2.59 bits per heavy atom. The van der Waals surface area contributed by atoms with Gasteiger partial charge in [0.25, 0.3) is 11.5 Å². The number of carbonyl (C=O) groups is 1. The van der Waals surface area contributed by atoms with Gasteiger partial charge in [0.2, 0.25) is 0 Å². The summed E-state index contributed by atoms with van der Waals surface area (Å²) in [5.74, 6) is -0.140. The van der Waals surface area contributed by atoms with Crippen molar-refractivity contribution in [2.24, 2.45) is 14.1 Å². The summed E-state index contributed by atoms with van der Waals surface area (Å²) in [7, 11) is 3.09. The van der Waals surface area contributed by atoms with Crippen LogP contribution in [0.15, 0.2) is 39.9 Å². The minimum Gasteiger partial charge on any atom is -0.322 e. The number of hydrogen-bond acceptors (Lipinski definition) is 3. The average Bonchev–Trinajstić information content (AvgIpc) is 3.26. The zero-order valence-electron chi connectivity index (χ0n) is 15.7. The Balaban J connectivity index is 1.95. The number of amides is 1. The Morgan fingerprint density at radius 2 is 1.85 bits per heavy atom. The molecule has 1 aromatic carbocycles. The summed E-state index contributed by atoms with van der Waals surface area (Å²) in [6.07, 6.45) is 1.60. The summed E-state index contributed by atoms with van der Waals surface area (Å²) in [6, 6.07) is 9.51. The summed E-state index contributed by atoms with van der Waals surface area (Å²) >= 11 is 0. The molecule has 0 radical (unpaired) electrons. The van der Waals surface area contributed by atoms with Gasteiger partial charge >= 0.3 is 5.69 Å². The first-order valence-electron chi connectivity index (χ1n) is 9.14. The maximum absolute atomic E-state index is 13.4. The Kier molecular flexibility index (Phi) is 4.02. The molecule has 2 aromatic heterocycles. The van der Waals surface area contributed by atoms with Gasteiger partial charge in [0.1, 0.15) is 11.3 Å². The van der Waals surface area contributed by atoms with Crippen molar-refractivity contribution in [3.05, 3.63) is 62.4 Å². The number of rotatable bonds is 3. The molecule has 3 aromatic rings. The van der Waals surface area contributed by atoms with Crippen LogP contribution in [0.25, 0.3) is 11.0 Å². The third kappa shape index (κ3) is 2.45. The number of aryl methyl sites for hydroxylation is 2. The molecule has 7 nitrogen and oxygen atoms in total. The molecule has 4 rings (SSSR count). The maximum Gasteiger partial charge on any atom is 0.332 e. The molecule has 1 aliphatic heterocycles. The molecule has 0 saturated carbocycles. The van der Waals surface area contributed by atoms with Gasteiger partial charge in [0.05, 0.1) is 5.39 Å². The van der Waals surface area contributed by atoms with Gasteiger partial charge in [-0.2, -0.15) is 0 Å². The van der Waals surface area contributed by atoms with E-state index in [0.29, 0.717) is 29.8 Å². The van der Waals surface area contributed by atoms with Crippen molar-refractivity contribution in [2.75, 3.05) is 11.4 Å². The molecule has 0 saturated heterocycles. The van der Waals surface area contributed by atoms with Crippen molar-refractivity contribution >= 4 is 22.6 Å². The molecule has 1 amide bonds. The van der Waals surface area contributed by atoms with Crippen LogP contribution in [-0.4, -0.2) is 26.2 Å². The van der Waals surface area contributed by atoms with Crippen LogP contribution in [-0.2, 0) is 27.1 Å². The quantitative estimate of drug-likeness (QED) is 0.708. The highest BCUT2D eigenvalue weighted by atomic mass is 16.2. The van der Waals surface area contributed by atoms with E-state index in [9.17, 15) is 14.4 Å². The molecule has 7 heteroatoms. The summed E-state index contributed by atoms with van der Waals surface area (Å²) in [5, 5.41) is 0.392. The normalized spacial score (nSPS) is 13.4. The van der Waals surface area contributed by atoms with E-state index in [2.05, 4.69) is 0 Å².